The minimum atomic E-state index is -3.78. The fourth-order valence-electron chi connectivity index (χ4n) is 2.89. The predicted octanol–water partition coefficient (Wildman–Crippen LogP) is 0.704. The van der Waals surface area contributed by atoms with Gasteiger partial charge in [0.1, 0.15) is 5.75 Å². The number of benzene rings is 2. The van der Waals surface area contributed by atoms with E-state index < -0.39 is 26.0 Å². The molecule has 174 valence electrons. The zero-order chi connectivity index (χ0) is 23.4. The number of rotatable bonds is 8. The SMILES string of the molecule is NS(=O)(=O)c1ccc(CNC(=O)COc2ccc(S(=O)(=O)N3CCOCC3)cc2Cl)cc1. The number of sulfonamides is 2. The Morgan fingerprint density at radius 1 is 1.06 bits per heavy atom. The maximum atomic E-state index is 12.7. The van der Waals surface area contributed by atoms with Gasteiger partial charge in [-0.15, -0.1) is 0 Å². The molecule has 1 aliphatic rings. The molecule has 1 saturated heterocycles. The number of hydrogen-bond acceptors (Lipinski definition) is 7. The second kappa shape index (κ2) is 10.1. The first-order chi connectivity index (χ1) is 15.1. The van der Waals surface area contributed by atoms with E-state index in [4.69, 9.17) is 26.2 Å². The van der Waals surface area contributed by atoms with Gasteiger partial charge in [0.15, 0.2) is 6.61 Å². The van der Waals surface area contributed by atoms with Crippen LogP contribution in [-0.2, 0) is 36.1 Å². The summed E-state index contributed by atoms with van der Waals surface area (Å²) in [4.78, 5) is 12.1. The Bertz CT molecular complexity index is 1180. The molecular weight excluding hydrogens is 482 g/mol. The van der Waals surface area contributed by atoms with Crippen molar-refractivity contribution in [2.75, 3.05) is 32.9 Å². The molecule has 0 aromatic heterocycles. The van der Waals surface area contributed by atoms with Gasteiger partial charge in [0, 0.05) is 19.6 Å². The highest BCUT2D eigenvalue weighted by molar-refractivity contribution is 7.89. The summed E-state index contributed by atoms with van der Waals surface area (Å²) in [6.07, 6.45) is 0. The molecule has 10 nitrogen and oxygen atoms in total. The van der Waals surface area contributed by atoms with E-state index in [2.05, 4.69) is 5.32 Å². The van der Waals surface area contributed by atoms with E-state index in [0.717, 1.165) is 0 Å². The summed E-state index contributed by atoms with van der Waals surface area (Å²) >= 11 is 6.16. The summed E-state index contributed by atoms with van der Waals surface area (Å²) < 4.78 is 59.8. The van der Waals surface area contributed by atoms with Crippen LogP contribution in [0.15, 0.2) is 52.3 Å². The van der Waals surface area contributed by atoms with Crippen molar-refractivity contribution in [2.24, 2.45) is 5.14 Å². The van der Waals surface area contributed by atoms with E-state index in [1.54, 1.807) is 0 Å². The number of halogens is 1. The number of nitrogens with one attached hydrogen (secondary N) is 1. The molecular formula is C19H22ClN3O7S2. The minimum Gasteiger partial charge on any atom is -0.482 e. The van der Waals surface area contributed by atoms with Crippen molar-refractivity contribution in [3.8, 4) is 5.75 Å². The molecule has 0 aliphatic carbocycles. The number of nitrogens with zero attached hydrogens (tertiary/aromatic N) is 1. The maximum absolute atomic E-state index is 12.7. The first-order valence-electron chi connectivity index (χ1n) is 9.46. The number of nitrogens with two attached hydrogens (primary N) is 1. The number of carbonyl (C=O) groups excluding carboxylic acids is 1. The summed E-state index contributed by atoms with van der Waals surface area (Å²) in [5.41, 5.74) is 0.668. The number of hydrogen-bond donors (Lipinski definition) is 2. The zero-order valence-corrected chi connectivity index (χ0v) is 19.2. The third-order valence-corrected chi connectivity index (χ3v) is 7.73. The van der Waals surface area contributed by atoms with Gasteiger partial charge in [0.2, 0.25) is 20.0 Å². The summed E-state index contributed by atoms with van der Waals surface area (Å²) in [6, 6.07) is 9.81. The van der Waals surface area contributed by atoms with Crippen molar-refractivity contribution < 1.29 is 31.1 Å². The van der Waals surface area contributed by atoms with Crippen LogP contribution < -0.4 is 15.2 Å². The van der Waals surface area contributed by atoms with Crippen LogP contribution >= 0.6 is 11.6 Å². The minimum absolute atomic E-state index is 0.0235. The fourth-order valence-corrected chi connectivity index (χ4v) is 5.14. The lowest BCUT2D eigenvalue weighted by Crippen LogP contribution is -2.40. The first kappa shape index (κ1) is 24.4. The molecule has 1 amide bonds. The fraction of sp³-hybridized carbons (Fsp3) is 0.316. The first-order valence-corrected chi connectivity index (χ1v) is 12.8. The highest BCUT2D eigenvalue weighted by Crippen LogP contribution is 2.29. The van der Waals surface area contributed by atoms with Crippen LogP contribution in [0.3, 0.4) is 0 Å². The van der Waals surface area contributed by atoms with Crippen LogP contribution in [0.5, 0.6) is 5.75 Å². The molecule has 0 saturated carbocycles. The monoisotopic (exact) mass is 503 g/mol. The molecule has 0 bridgehead atoms. The Kier molecular flexibility index (Phi) is 7.75. The topological polar surface area (TPSA) is 145 Å². The Morgan fingerprint density at radius 3 is 2.28 bits per heavy atom. The molecule has 3 rings (SSSR count). The number of primary sulfonamides is 1. The smallest absolute Gasteiger partial charge is 0.258 e. The van der Waals surface area contributed by atoms with Gasteiger partial charge < -0.3 is 14.8 Å². The van der Waals surface area contributed by atoms with Crippen molar-refractivity contribution in [2.45, 2.75) is 16.3 Å². The van der Waals surface area contributed by atoms with E-state index in [1.165, 1.54) is 46.8 Å². The van der Waals surface area contributed by atoms with Gasteiger partial charge in [0.25, 0.3) is 5.91 Å². The van der Waals surface area contributed by atoms with Gasteiger partial charge in [-0.2, -0.15) is 4.31 Å². The van der Waals surface area contributed by atoms with Crippen LogP contribution in [0.1, 0.15) is 5.56 Å². The summed E-state index contributed by atoms with van der Waals surface area (Å²) in [7, 11) is -7.47. The quantitative estimate of drug-likeness (QED) is 0.539. The molecule has 1 heterocycles. The largest absolute Gasteiger partial charge is 0.482 e. The molecule has 32 heavy (non-hydrogen) atoms. The van der Waals surface area contributed by atoms with Gasteiger partial charge in [-0.05, 0) is 35.9 Å². The van der Waals surface area contributed by atoms with Gasteiger partial charge >= 0.3 is 0 Å². The van der Waals surface area contributed by atoms with Gasteiger partial charge in [-0.3, -0.25) is 4.79 Å². The third-order valence-electron chi connectivity index (χ3n) is 4.61. The molecule has 0 atom stereocenters. The van der Waals surface area contributed by atoms with Crippen molar-refractivity contribution in [1.29, 1.82) is 0 Å². The Morgan fingerprint density at radius 2 is 1.69 bits per heavy atom. The number of ether oxygens (including phenoxy) is 2. The Balaban J connectivity index is 1.54. The highest BCUT2D eigenvalue weighted by Gasteiger charge is 2.27. The summed E-state index contributed by atoms with van der Waals surface area (Å²) in [5.74, 6) is -0.276. The van der Waals surface area contributed by atoms with Crippen molar-refractivity contribution in [1.82, 2.24) is 9.62 Å². The number of morpholine rings is 1. The standard InChI is InChI=1S/C19H22ClN3O7S2/c20-17-11-16(32(27,28)23-7-9-29-10-8-23)5-6-18(17)30-13-19(24)22-12-14-1-3-15(4-2-14)31(21,25)26/h1-6,11H,7-10,12-13H2,(H,22,24)(H2,21,25,26). The van der Waals surface area contributed by atoms with Crippen LogP contribution in [0.25, 0.3) is 0 Å². The third kappa shape index (κ3) is 6.18. The molecule has 1 fully saturated rings. The van der Waals surface area contributed by atoms with E-state index in [-0.39, 0.29) is 46.8 Å². The van der Waals surface area contributed by atoms with Gasteiger partial charge in [0.05, 0.1) is 28.0 Å². The van der Waals surface area contributed by atoms with E-state index in [9.17, 15) is 21.6 Å². The number of amides is 1. The lowest BCUT2D eigenvalue weighted by atomic mass is 10.2. The lowest BCUT2D eigenvalue weighted by molar-refractivity contribution is -0.123. The van der Waals surface area contributed by atoms with Crippen molar-refractivity contribution in [3.05, 3.63) is 53.1 Å². The molecule has 13 heteroatoms. The molecule has 0 radical (unpaired) electrons. The Hall–Kier alpha value is -2.22. The molecule has 0 spiro atoms. The molecule has 0 unspecified atom stereocenters. The lowest BCUT2D eigenvalue weighted by Gasteiger charge is -2.26. The van der Waals surface area contributed by atoms with Gasteiger partial charge in [-0.1, -0.05) is 23.7 Å². The molecule has 2 aromatic rings. The summed E-state index contributed by atoms with van der Waals surface area (Å²) in [6.45, 7) is 1.01. The van der Waals surface area contributed by atoms with Crippen molar-refractivity contribution in [3.63, 3.8) is 0 Å². The maximum Gasteiger partial charge on any atom is 0.258 e. The Labute approximate surface area is 191 Å². The normalized spacial score (nSPS) is 15.3. The summed E-state index contributed by atoms with van der Waals surface area (Å²) in [5, 5.41) is 7.73. The zero-order valence-electron chi connectivity index (χ0n) is 16.9. The van der Waals surface area contributed by atoms with E-state index >= 15 is 0 Å². The van der Waals surface area contributed by atoms with Crippen LogP contribution in [0.2, 0.25) is 5.02 Å². The molecule has 3 N–H and O–H groups in total. The second-order valence-electron chi connectivity index (χ2n) is 6.86. The van der Waals surface area contributed by atoms with Crippen LogP contribution in [-0.4, -0.2) is 60.0 Å². The molecule has 1 aliphatic heterocycles. The molecule has 2 aromatic carbocycles. The number of carbonyl (C=O) groups is 1. The van der Waals surface area contributed by atoms with Crippen molar-refractivity contribution >= 4 is 37.6 Å². The van der Waals surface area contributed by atoms with E-state index in [1.807, 2.05) is 0 Å². The van der Waals surface area contributed by atoms with Crippen LogP contribution in [0, 0.1) is 0 Å². The van der Waals surface area contributed by atoms with Gasteiger partial charge in [-0.25, -0.2) is 22.0 Å². The average Bonchev–Trinajstić information content (AvgIpc) is 2.77. The van der Waals surface area contributed by atoms with E-state index in [0.29, 0.717) is 18.8 Å². The average molecular weight is 504 g/mol. The second-order valence-corrected chi connectivity index (χ2v) is 10.8. The predicted molar refractivity (Wildman–Crippen MR) is 116 cm³/mol. The highest BCUT2D eigenvalue weighted by atomic mass is 35.5. The van der Waals surface area contributed by atoms with Crippen LogP contribution in [0.4, 0.5) is 0 Å².